The maximum Gasteiger partial charge on any atom is 0.123 e. The molecule has 0 unspecified atom stereocenters. The SMILES string of the molecule is CN1CCC[C@H]1/C=C/COc1ccc(F)cc1. The van der Waals surface area contributed by atoms with Gasteiger partial charge in [-0.25, -0.2) is 4.39 Å². The number of nitrogens with zero attached hydrogens (tertiary/aromatic N) is 1. The van der Waals surface area contributed by atoms with E-state index in [4.69, 9.17) is 4.74 Å². The Morgan fingerprint density at radius 2 is 2.18 bits per heavy atom. The summed E-state index contributed by atoms with van der Waals surface area (Å²) in [6.45, 7) is 1.71. The van der Waals surface area contributed by atoms with Crippen LogP contribution < -0.4 is 4.74 Å². The van der Waals surface area contributed by atoms with Gasteiger partial charge in [-0.05, 0) is 56.8 Å². The molecule has 1 aliphatic rings. The minimum atomic E-state index is -0.236. The van der Waals surface area contributed by atoms with Gasteiger partial charge in [0.25, 0.3) is 0 Å². The van der Waals surface area contributed by atoms with Crippen molar-refractivity contribution in [3.63, 3.8) is 0 Å². The predicted molar refractivity (Wildman–Crippen MR) is 66.7 cm³/mol. The van der Waals surface area contributed by atoms with Crippen molar-refractivity contribution in [3.05, 3.63) is 42.2 Å². The summed E-state index contributed by atoms with van der Waals surface area (Å²) in [7, 11) is 2.14. The van der Waals surface area contributed by atoms with Gasteiger partial charge in [-0.3, -0.25) is 4.90 Å². The quantitative estimate of drug-likeness (QED) is 0.744. The van der Waals surface area contributed by atoms with Crippen molar-refractivity contribution in [2.24, 2.45) is 0 Å². The van der Waals surface area contributed by atoms with Gasteiger partial charge in [0.05, 0.1) is 0 Å². The van der Waals surface area contributed by atoms with Crippen molar-refractivity contribution in [2.45, 2.75) is 18.9 Å². The molecule has 1 aliphatic heterocycles. The highest BCUT2D eigenvalue weighted by molar-refractivity contribution is 5.22. The minimum Gasteiger partial charge on any atom is -0.490 e. The second-order valence-electron chi connectivity index (χ2n) is 4.38. The van der Waals surface area contributed by atoms with Gasteiger partial charge in [-0.1, -0.05) is 6.08 Å². The molecule has 3 heteroatoms. The second-order valence-corrected chi connectivity index (χ2v) is 4.38. The number of likely N-dealkylation sites (N-methyl/N-ethyl adjacent to an activating group) is 1. The summed E-state index contributed by atoms with van der Waals surface area (Å²) in [5.74, 6) is 0.469. The van der Waals surface area contributed by atoms with E-state index in [2.05, 4.69) is 18.0 Å². The zero-order chi connectivity index (χ0) is 12.1. The summed E-state index contributed by atoms with van der Waals surface area (Å²) < 4.78 is 18.1. The van der Waals surface area contributed by atoms with Gasteiger partial charge in [0, 0.05) is 6.04 Å². The van der Waals surface area contributed by atoms with E-state index in [1.54, 1.807) is 12.1 Å². The molecule has 0 bridgehead atoms. The fourth-order valence-electron chi connectivity index (χ4n) is 2.07. The molecule has 0 spiro atoms. The lowest BCUT2D eigenvalue weighted by molar-refractivity contribution is 0.346. The van der Waals surface area contributed by atoms with Crippen LogP contribution in [0.1, 0.15) is 12.8 Å². The summed E-state index contributed by atoms with van der Waals surface area (Å²) in [5, 5.41) is 0. The van der Waals surface area contributed by atoms with Gasteiger partial charge in [0.2, 0.25) is 0 Å². The van der Waals surface area contributed by atoms with E-state index in [1.165, 1.54) is 31.5 Å². The van der Waals surface area contributed by atoms with E-state index in [0.29, 0.717) is 18.4 Å². The maximum absolute atomic E-state index is 12.6. The molecule has 2 nitrogen and oxygen atoms in total. The van der Waals surface area contributed by atoms with Crippen molar-refractivity contribution in [1.82, 2.24) is 4.90 Å². The van der Waals surface area contributed by atoms with Crippen LogP contribution in [-0.2, 0) is 0 Å². The van der Waals surface area contributed by atoms with Crippen molar-refractivity contribution in [1.29, 1.82) is 0 Å². The van der Waals surface area contributed by atoms with Gasteiger partial charge in [-0.2, -0.15) is 0 Å². The number of halogens is 1. The average Bonchev–Trinajstić information content (AvgIpc) is 2.73. The average molecular weight is 235 g/mol. The van der Waals surface area contributed by atoms with Crippen molar-refractivity contribution >= 4 is 0 Å². The highest BCUT2D eigenvalue weighted by atomic mass is 19.1. The van der Waals surface area contributed by atoms with Crippen LogP contribution in [0.15, 0.2) is 36.4 Å². The van der Waals surface area contributed by atoms with E-state index in [0.717, 1.165) is 0 Å². The Kier molecular flexibility index (Phi) is 4.15. The zero-order valence-corrected chi connectivity index (χ0v) is 10.1. The Hall–Kier alpha value is -1.35. The number of likely N-dealkylation sites (tertiary alicyclic amines) is 1. The molecule has 1 aromatic carbocycles. The Bertz CT molecular complexity index is 374. The summed E-state index contributed by atoms with van der Waals surface area (Å²) in [6.07, 6.45) is 6.72. The van der Waals surface area contributed by atoms with Crippen LogP contribution in [-0.4, -0.2) is 31.1 Å². The van der Waals surface area contributed by atoms with Crippen LogP contribution in [0.4, 0.5) is 4.39 Å². The lowest BCUT2D eigenvalue weighted by atomic mass is 10.2. The van der Waals surface area contributed by atoms with Crippen LogP contribution in [0.2, 0.25) is 0 Å². The molecule has 2 rings (SSSR count). The molecular weight excluding hydrogens is 217 g/mol. The fourth-order valence-corrected chi connectivity index (χ4v) is 2.07. The monoisotopic (exact) mass is 235 g/mol. The lowest BCUT2D eigenvalue weighted by Crippen LogP contribution is -2.22. The molecule has 1 atom stereocenters. The van der Waals surface area contributed by atoms with Gasteiger partial charge >= 0.3 is 0 Å². The Morgan fingerprint density at radius 1 is 1.41 bits per heavy atom. The Balaban J connectivity index is 1.75. The van der Waals surface area contributed by atoms with Crippen molar-refractivity contribution in [2.75, 3.05) is 20.2 Å². The largest absolute Gasteiger partial charge is 0.490 e. The van der Waals surface area contributed by atoms with Gasteiger partial charge < -0.3 is 4.74 Å². The van der Waals surface area contributed by atoms with Gasteiger partial charge in [-0.15, -0.1) is 0 Å². The van der Waals surface area contributed by atoms with E-state index in [1.807, 2.05) is 6.08 Å². The minimum absolute atomic E-state index is 0.236. The molecule has 1 aromatic rings. The number of ether oxygens (including phenoxy) is 1. The molecule has 1 heterocycles. The Morgan fingerprint density at radius 3 is 2.82 bits per heavy atom. The first-order valence-electron chi connectivity index (χ1n) is 6.01. The first-order chi connectivity index (χ1) is 8.25. The molecule has 1 fully saturated rings. The number of hydrogen-bond donors (Lipinski definition) is 0. The van der Waals surface area contributed by atoms with E-state index in [-0.39, 0.29) is 5.82 Å². The lowest BCUT2D eigenvalue weighted by Gasteiger charge is -2.14. The zero-order valence-electron chi connectivity index (χ0n) is 10.1. The van der Waals surface area contributed by atoms with E-state index >= 15 is 0 Å². The molecule has 17 heavy (non-hydrogen) atoms. The predicted octanol–water partition coefficient (Wildman–Crippen LogP) is 2.85. The van der Waals surface area contributed by atoms with Crippen LogP contribution in [0.25, 0.3) is 0 Å². The summed E-state index contributed by atoms with van der Waals surface area (Å²) in [6, 6.07) is 6.65. The number of rotatable bonds is 4. The number of hydrogen-bond acceptors (Lipinski definition) is 2. The summed E-state index contributed by atoms with van der Waals surface area (Å²) >= 11 is 0. The molecule has 92 valence electrons. The molecule has 0 saturated carbocycles. The third-order valence-electron chi connectivity index (χ3n) is 3.09. The summed E-state index contributed by atoms with van der Waals surface area (Å²) in [4.78, 5) is 2.34. The molecule has 0 radical (unpaired) electrons. The standard InChI is InChI=1S/C14H18FNO/c1-16-10-2-4-13(16)5-3-11-17-14-8-6-12(15)7-9-14/h3,5-9,13H,2,4,10-11H2,1H3/b5-3+/t13-/m0/s1. The first kappa shape index (κ1) is 12.1. The van der Waals surface area contributed by atoms with Crippen LogP contribution in [0, 0.1) is 5.82 Å². The smallest absolute Gasteiger partial charge is 0.123 e. The first-order valence-corrected chi connectivity index (χ1v) is 6.01. The summed E-state index contributed by atoms with van der Waals surface area (Å²) in [5.41, 5.74) is 0. The maximum atomic E-state index is 12.6. The molecule has 0 amide bonds. The molecule has 0 N–H and O–H groups in total. The fraction of sp³-hybridized carbons (Fsp3) is 0.429. The molecule has 0 aromatic heterocycles. The normalized spacial score (nSPS) is 21.2. The third kappa shape index (κ3) is 3.56. The topological polar surface area (TPSA) is 12.5 Å². The highest BCUT2D eigenvalue weighted by Gasteiger charge is 2.17. The van der Waals surface area contributed by atoms with Gasteiger partial charge in [0.15, 0.2) is 0 Å². The third-order valence-corrected chi connectivity index (χ3v) is 3.09. The van der Waals surface area contributed by atoms with E-state index in [9.17, 15) is 4.39 Å². The van der Waals surface area contributed by atoms with Gasteiger partial charge in [0.1, 0.15) is 18.2 Å². The van der Waals surface area contributed by atoms with Crippen molar-refractivity contribution < 1.29 is 9.13 Å². The second kappa shape index (κ2) is 5.82. The Labute approximate surface area is 102 Å². The van der Waals surface area contributed by atoms with E-state index < -0.39 is 0 Å². The molecule has 0 aliphatic carbocycles. The van der Waals surface area contributed by atoms with Crippen LogP contribution in [0.3, 0.4) is 0 Å². The highest BCUT2D eigenvalue weighted by Crippen LogP contribution is 2.16. The molecule has 1 saturated heterocycles. The van der Waals surface area contributed by atoms with Crippen LogP contribution >= 0.6 is 0 Å². The van der Waals surface area contributed by atoms with Crippen molar-refractivity contribution in [3.8, 4) is 5.75 Å². The number of benzene rings is 1. The molecular formula is C14H18FNO. The van der Waals surface area contributed by atoms with Crippen LogP contribution in [0.5, 0.6) is 5.75 Å².